The molecule has 0 aromatic heterocycles. The van der Waals surface area contributed by atoms with Crippen molar-refractivity contribution in [3.8, 4) is 0 Å². The number of halogens is 2. The fourth-order valence-electron chi connectivity index (χ4n) is 2.10. The zero-order chi connectivity index (χ0) is 18.4. The van der Waals surface area contributed by atoms with E-state index in [1.165, 1.54) is 19.1 Å². The van der Waals surface area contributed by atoms with Crippen molar-refractivity contribution in [3.05, 3.63) is 65.7 Å². The summed E-state index contributed by atoms with van der Waals surface area (Å²) in [7, 11) is -3.92. The van der Waals surface area contributed by atoms with Gasteiger partial charge in [0.05, 0.1) is 10.9 Å². The second-order valence-electron chi connectivity index (χ2n) is 5.46. The Morgan fingerprint density at radius 3 is 2.08 bits per heavy atom. The molecule has 25 heavy (non-hydrogen) atoms. The summed E-state index contributed by atoms with van der Waals surface area (Å²) >= 11 is 0. The summed E-state index contributed by atoms with van der Waals surface area (Å²) in [6, 6.07) is 9.19. The number of rotatable bonds is 7. The standard InChI is InChI=1S/C17H18F2N2O3S/c1-12(21-25(23,24)16-8-6-15(19)7-9-16)17(22)20-11-10-13-2-4-14(18)5-3-13/h2-9,12,21H,10-11H2,1H3,(H,20,22)/t12-/m0/s1. The highest BCUT2D eigenvalue weighted by Gasteiger charge is 2.21. The topological polar surface area (TPSA) is 75.3 Å². The first-order valence-corrected chi connectivity index (χ1v) is 9.06. The summed E-state index contributed by atoms with van der Waals surface area (Å²) in [5.74, 6) is -1.38. The van der Waals surface area contributed by atoms with Crippen LogP contribution in [0.25, 0.3) is 0 Å². The van der Waals surface area contributed by atoms with Gasteiger partial charge in [0.15, 0.2) is 0 Å². The van der Waals surface area contributed by atoms with Gasteiger partial charge in [-0.15, -0.1) is 0 Å². The molecule has 0 aliphatic carbocycles. The molecule has 1 atom stereocenters. The van der Waals surface area contributed by atoms with Crippen molar-refractivity contribution in [2.45, 2.75) is 24.3 Å². The fraction of sp³-hybridized carbons (Fsp3) is 0.235. The van der Waals surface area contributed by atoms with Gasteiger partial charge in [-0.2, -0.15) is 4.72 Å². The van der Waals surface area contributed by atoms with Crippen molar-refractivity contribution in [2.24, 2.45) is 0 Å². The van der Waals surface area contributed by atoms with Crippen molar-refractivity contribution in [3.63, 3.8) is 0 Å². The molecule has 2 rings (SSSR count). The molecular formula is C17H18F2N2O3S. The van der Waals surface area contributed by atoms with Crippen LogP contribution in [0.4, 0.5) is 8.78 Å². The van der Waals surface area contributed by atoms with Gasteiger partial charge in [-0.25, -0.2) is 17.2 Å². The Hall–Kier alpha value is -2.32. The summed E-state index contributed by atoms with van der Waals surface area (Å²) in [4.78, 5) is 11.9. The van der Waals surface area contributed by atoms with Crippen molar-refractivity contribution in [2.75, 3.05) is 6.54 Å². The molecule has 0 saturated heterocycles. The van der Waals surface area contributed by atoms with E-state index in [4.69, 9.17) is 0 Å². The van der Waals surface area contributed by atoms with E-state index < -0.39 is 27.8 Å². The first-order valence-electron chi connectivity index (χ1n) is 7.58. The lowest BCUT2D eigenvalue weighted by Gasteiger charge is -2.14. The summed E-state index contributed by atoms with van der Waals surface area (Å²) in [5, 5.41) is 2.61. The maximum absolute atomic E-state index is 12.9. The second kappa shape index (κ2) is 8.17. The Labute approximate surface area is 145 Å². The Morgan fingerprint density at radius 1 is 1.00 bits per heavy atom. The van der Waals surface area contributed by atoms with Crippen molar-refractivity contribution in [1.29, 1.82) is 0 Å². The van der Waals surface area contributed by atoms with Crippen LogP contribution < -0.4 is 10.0 Å². The number of benzene rings is 2. The molecule has 0 unspecified atom stereocenters. The SMILES string of the molecule is C[C@H](NS(=O)(=O)c1ccc(F)cc1)C(=O)NCCc1ccc(F)cc1. The van der Waals surface area contributed by atoms with Gasteiger partial charge in [0.25, 0.3) is 0 Å². The lowest BCUT2D eigenvalue weighted by molar-refractivity contribution is -0.122. The minimum Gasteiger partial charge on any atom is -0.354 e. The Balaban J connectivity index is 1.86. The number of amides is 1. The largest absolute Gasteiger partial charge is 0.354 e. The number of carbonyl (C=O) groups is 1. The van der Waals surface area contributed by atoms with Crippen LogP contribution in [-0.4, -0.2) is 26.9 Å². The third kappa shape index (κ3) is 5.61. The summed E-state index contributed by atoms with van der Waals surface area (Å²) < 4.78 is 52.2. The Bertz CT molecular complexity index is 822. The van der Waals surface area contributed by atoms with E-state index >= 15 is 0 Å². The molecule has 1 amide bonds. The minimum absolute atomic E-state index is 0.125. The van der Waals surface area contributed by atoms with Gasteiger partial charge >= 0.3 is 0 Å². The van der Waals surface area contributed by atoms with Crippen LogP contribution in [0.2, 0.25) is 0 Å². The molecule has 0 saturated carbocycles. The van der Waals surface area contributed by atoms with Crippen LogP contribution in [0.5, 0.6) is 0 Å². The second-order valence-corrected chi connectivity index (χ2v) is 7.18. The molecule has 0 fully saturated rings. The number of nitrogens with one attached hydrogen (secondary N) is 2. The quantitative estimate of drug-likeness (QED) is 0.785. The van der Waals surface area contributed by atoms with Crippen LogP contribution in [0, 0.1) is 11.6 Å². The van der Waals surface area contributed by atoms with Gasteiger partial charge in [-0.05, 0) is 55.3 Å². The lowest BCUT2D eigenvalue weighted by atomic mass is 10.1. The predicted molar refractivity (Wildman–Crippen MR) is 89.3 cm³/mol. The summed E-state index contributed by atoms with van der Waals surface area (Å²) in [6.07, 6.45) is 0.490. The van der Waals surface area contributed by atoms with Crippen LogP contribution in [0.3, 0.4) is 0 Å². The van der Waals surface area contributed by atoms with Crippen LogP contribution in [0.15, 0.2) is 53.4 Å². The summed E-state index contributed by atoms with van der Waals surface area (Å²) in [6.45, 7) is 1.70. The fourth-order valence-corrected chi connectivity index (χ4v) is 3.31. The maximum atomic E-state index is 12.9. The number of sulfonamides is 1. The van der Waals surface area contributed by atoms with Crippen LogP contribution in [-0.2, 0) is 21.2 Å². The van der Waals surface area contributed by atoms with Crippen LogP contribution >= 0.6 is 0 Å². The van der Waals surface area contributed by atoms with Crippen molar-refractivity contribution in [1.82, 2.24) is 10.0 Å². The van der Waals surface area contributed by atoms with E-state index in [0.29, 0.717) is 6.42 Å². The van der Waals surface area contributed by atoms with E-state index in [9.17, 15) is 22.0 Å². The van der Waals surface area contributed by atoms with Gasteiger partial charge in [-0.3, -0.25) is 4.79 Å². The molecular weight excluding hydrogens is 350 g/mol. The molecule has 5 nitrogen and oxygen atoms in total. The normalized spacial score (nSPS) is 12.6. The molecule has 0 heterocycles. The zero-order valence-corrected chi connectivity index (χ0v) is 14.3. The predicted octanol–water partition coefficient (Wildman–Crippen LogP) is 1.99. The third-order valence-corrected chi connectivity index (χ3v) is 5.03. The monoisotopic (exact) mass is 368 g/mol. The third-order valence-electron chi connectivity index (χ3n) is 3.48. The lowest BCUT2D eigenvalue weighted by Crippen LogP contribution is -2.45. The highest BCUT2D eigenvalue weighted by molar-refractivity contribution is 7.89. The molecule has 8 heteroatoms. The maximum Gasteiger partial charge on any atom is 0.241 e. The molecule has 0 bridgehead atoms. The highest BCUT2D eigenvalue weighted by atomic mass is 32.2. The number of carbonyl (C=O) groups excluding carboxylic acids is 1. The molecule has 0 aliphatic heterocycles. The smallest absolute Gasteiger partial charge is 0.241 e. The highest BCUT2D eigenvalue weighted by Crippen LogP contribution is 2.10. The van der Waals surface area contributed by atoms with Gasteiger partial charge in [-0.1, -0.05) is 12.1 Å². The molecule has 0 radical (unpaired) electrons. The number of hydrogen-bond donors (Lipinski definition) is 2. The average molecular weight is 368 g/mol. The first kappa shape index (κ1) is 19.0. The molecule has 2 aromatic carbocycles. The van der Waals surface area contributed by atoms with E-state index in [-0.39, 0.29) is 17.3 Å². The van der Waals surface area contributed by atoms with E-state index in [1.54, 1.807) is 12.1 Å². The van der Waals surface area contributed by atoms with E-state index in [0.717, 1.165) is 29.8 Å². The van der Waals surface area contributed by atoms with Crippen molar-refractivity contribution < 1.29 is 22.0 Å². The average Bonchev–Trinajstić information content (AvgIpc) is 2.56. The Morgan fingerprint density at radius 2 is 1.52 bits per heavy atom. The Kier molecular flexibility index (Phi) is 6.22. The minimum atomic E-state index is -3.92. The summed E-state index contributed by atoms with van der Waals surface area (Å²) in [5.41, 5.74) is 0.848. The molecule has 2 aromatic rings. The number of hydrogen-bond acceptors (Lipinski definition) is 3. The van der Waals surface area contributed by atoms with Gasteiger partial charge in [0.1, 0.15) is 11.6 Å². The van der Waals surface area contributed by atoms with Gasteiger partial charge in [0.2, 0.25) is 15.9 Å². The zero-order valence-electron chi connectivity index (χ0n) is 13.5. The molecule has 134 valence electrons. The van der Waals surface area contributed by atoms with Crippen molar-refractivity contribution >= 4 is 15.9 Å². The first-order chi connectivity index (χ1) is 11.8. The van der Waals surface area contributed by atoms with Crippen LogP contribution in [0.1, 0.15) is 12.5 Å². The van der Waals surface area contributed by atoms with Gasteiger partial charge < -0.3 is 5.32 Å². The van der Waals surface area contributed by atoms with Gasteiger partial charge in [0, 0.05) is 6.54 Å². The van der Waals surface area contributed by atoms with E-state index in [1.807, 2.05) is 0 Å². The van der Waals surface area contributed by atoms with E-state index in [2.05, 4.69) is 10.0 Å². The molecule has 2 N–H and O–H groups in total. The molecule has 0 aliphatic rings. The molecule has 0 spiro atoms.